The highest BCUT2D eigenvalue weighted by Crippen LogP contribution is 2.09. The molecule has 0 aromatic heterocycles. The predicted octanol–water partition coefficient (Wildman–Crippen LogP) is 0.965. The maximum atomic E-state index is 3.62. The summed E-state index contributed by atoms with van der Waals surface area (Å²) in [4.78, 5) is 4.87. The van der Waals surface area contributed by atoms with Crippen LogP contribution in [-0.2, 0) is 0 Å². The molecule has 1 fully saturated rings. The fraction of sp³-hybridized carbons (Fsp3) is 1.00. The van der Waals surface area contributed by atoms with E-state index in [1.807, 2.05) is 0 Å². The lowest BCUT2D eigenvalue weighted by atomic mass is 10.2. The van der Waals surface area contributed by atoms with Crippen LogP contribution in [0.25, 0.3) is 0 Å². The van der Waals surface area contributed by atoms with Crippen molar-refractivity contribution >= 4 is 11.8 Å². The standard InChI is InChI=1S/C12H27N3S/c1-4-6-15(8-7-14(2)3)10-12-11-16-9-5-13-12/h12-13H,4-11H2,1-3H3. The van der Waals surface area contributed by atoms with Gasteiger partial charge in [0.1, 0.15) is 0 Å². The van der Waals surface area contributed by atoms with Crippen molar-refractivity contribution in [2.45, 2.75) is 19.4 Å². The van der Waals surface area contributed by atoms with Gasteiger partial charge in [-0.3, -0.25) is 0 Å². The van der Waals surface area contributed by atoms with Crippen LogP contribution < -0.4 is 5.32 Å². The monoisotopic (exact) mass is 245 g/mol. The summed E-state index contributed by atoms with van der Waals surface area (Å²) in [6.07, 6.45) is 1.26. The summed E-state index contributed by atoms with van der Waals surface area (Å²) in [7, 11) is 4.30. The maximum Gasteiger partial charge on any atom is 0.0285 e. The molecule has 4 heteroatoms. The summed E-state index contributed by atoms with van der Waals surface area (Å²) in [5.41, 5.74) is 0. The quantitative estimate of drug-likeness (QED) is 0.720. The van der Waals surface area contributed by atoms with Crippen molar-refractivity contribution in [3.63, 3.8) is 0 Å². The lowest BCUT2D eigenvalue weighted by Crippen LogP contribution is -2.47. The van der Waals surface area contributed by atoms with Gasteiger partial charge < -0.3 is 15.1 Å². The van der Waals surface area contributed by atoms with Crippen LogP contribution in [-0.4, -0.2) is 74.2 Å². The van der Waals surface area contributed by atoms with Crippen LogP contribution in [0, 0.1) is 0 Å². The highest BCUT2D eigenvalue weighted by molar-refractivity contribution is 7.99. The largest absolute Gasteiger partial charge is 0.311 e. The summed E-state index contributed by atoms with van der Waals surface area (Å²) in [5, 5.41) is 3.62. The second kappa shape index (κ2) is 8.34. The number of thioether (sulfide) groups is 1. The summed E-state index contributed by atoms with van der Waals surface area (Å²) < 4.78 is 0. The van der Waals surface area contributed by atoms with E-state index in [1.165, 1.54) is 50.7 Å². The third-order valence-electron chi connectivity index (χ3n) is 2.88. The minimum absolute atomic E-state index is 0.701. The molecule has 1 aliphatic heterocycles. The predicted molar refractivity (Wildman–Crippen MR) is 74.4 cm³/mol. The molecule has 1 rings (SSSR count). The van der Waals surface area contributed by atoms with E-state index < -0.39 is 0 Å². The first-order valence-corrected chi connectivity index (χ1v) is 7.56. The second-order valence-corrected chi connectivity index (χ2v) is 5.98. The molecule has 1 unspecified atom stereocenters. The van der Waals surface area contributed by atoms with E-state index in [0.717, 1.165) is 0 Å². The number of likely N-dealkylation sites (N-methyl/N-ethyl adjacent to an activating group) is 1. The van der Waals surface area contributed by atoms with Crippen molar-refractivity contribution in [1.82, 2.24) is 15.1 Å². The number of hydrogen-bond acceptors (Lipinski definition) is 4. The van der Waals surface area contributed by atoms with Gasteiger partial charge in [0.2, 0.25) is 0 Å². The molecular weight excluding hydrogens is 218 g/mol. The number of hydrogen-bond donors (Lipinski definition) is 1. The van der Waals surface area contributed by atoms with E-state index in [9.17, 15) is 0 Å². The van der Waals surface area contributed by atoms with Crippen molar-refractivity contribution < 1.29 is 0 Å². The first-order valence-electron chi connectivity index (χ1n) is 6.40. The van der Waals surface area contributed by atoms with Crippen LogP contribution in [0.15, 0.2) is 0 Å². The number of nitrogens with one attached hydrogen (secondary N) is 1. The van der Waals surface area contributed by atoms with E-state index in [1.54, 1.807) is 0 Å². The molecule has 1 aliphatic rings. The van der Waals surface area contributed by atoms with E-state index in [2.05, 4.69) is 47.9 Å². The Kier molecular flexibility index (Phi) is 7.45. The van der Waals surface area contributed by atoms with Gasteiger partial charge in [-0.25, -0.2) is 0 Å². The summed E-state index contributed by atoms with van der Waals surface area (Å²) in [6.45, 7) is 8.27. The third-order valence-corrected chi connectivity index (χ3v) is 4.01. The first kappa shape index (κ1) is 14.3. The van der Waals surface area contributed by atoms with Crippen molar-refractivity contribution in [2.24, 2.45) is 0 Å². The van der Waals surface area contributed by atoms with Gasteiger partial charge in [-0.15, -0.1) is 0 Å². The molecule has 0 aliphatic carbocycles. The Morgan fingerprint density at radius 1 is 1.25 bits per heavy atom. The molecule has 0 spiro atoms. The highest BCUT2D eigenvalue weighted by atomic mass is 32.2. The molecule has 1 saturated heterocycles. The van der Waals surface area contributed by atoms with Crippen molar-refractivity contribution in [1.29, 1.82) is 0 Å². The maximum absolute atomic E-state index is 3.62. The Hall–Kier alpha value is 0.230. The van der Waals surface area contributed by atoms with Crippen LogP contribution in [0.3, 0.4) is 0 Å². The first-order chi connectivity index (χ1) is 7.72. The van der Waals surface area contributed by atoms with Crippen LogP contribution in [0.5, 0.6) is 0 Å². The van der Waals surface area contributed by atoms with Crippen LogP contribution in [0.4, 0.5) is 0 Å². The van der Waals surface area contributed by atoms with Crippen LogP contribution in [0.1, 0.15) is 13.3 Å². The Morgan fingerprint density at radius 3 is 2.62 bits per heavy atom. The minimum Gasteiger partial charge on any atom is -0.311 e. The van der Waals surface area contributed by atoms with Crippen LogP contribution in [0.2, 0.25) is 0 Å². The lowest BCUT2D eigenvalue weighted by Gasteiger charge is -2.30. The van der Waals surface area contributed by atoms with Gasteiger partial charge in [0.25, 0.3) is 0 Å². The molecule has 96 valence electrons. The van der Waals surface area contributed by atoms with Gasteiger partial charge in [-0.2, -0.15) is 11.8 Å². The average Bonchev–Trinajstić information content (AvgIpc) is 2.27. The Bertz CT molecular complexity index is 170. The van der Waals surface area contributed by atoms with E-state index in [0.29, 0.717) is 6.04 Å². The molecule has 1 N–H and O–H groups in total. The van der Waals surface area contributed by atoms with Crippen molar-refractivity contribution in [2.75, 3.05) is 58.3 Å². The molecule has 0 amide bonds. The van der Waals surface area contributed by atoms with Crippen molar-refractivity contribution in [3.8, 4) is 0 Å². The normalized spacial score (nSPS) is 21.9. The second-order valence-electron chi connectivity index (χ2n) is 4.83. The lowest BCUT2D eigenvalue weighted by molar-refractivity contribution is 0.223. The fourth-order valence-electron chi connectivity index (χ4n) is 2.00. The smallest absolute Gasteiger partial charge is 0.0285 e. The van der Waals surface area contributed by atoms with Gasteiger partial charge in [-0.1, -0.05) is 6.92 Å². The number of nitrogens with zero attached hydrogens (tertiary/aromatic N) is 2. The third kappa shape index (κ3) is 6.09. The van der Waals surface area contributed by atoms with Gasteiger partial charge in [0, 0.05) is 43.7 Å². The summed E-state index contributed by atoms with van der Waals surface area (Å²) >= 11 is 2.09. The summed E-state index contributed by atoms with van der Waals surface area (Å²) in [6, 6.07) is 0.701. The van der Waals surface area contributed by atoms with Gasteiger partial charge in [0.15, 0.2) is 0 Å². The Balaban J connectivity index is 2.25. The molecule has 0 saturated carbocycles. The molecule has 3 nitrogen and oxygen atoms in total. The molecular formula is C12H27N3S. The van der Waals surface area contributed by atoms with E-state index >= 15 is 0 Å². The molecule has 1 atom stereocenters. The van der Waals surface area contributed by atoms with Gasteiger partial charge in [0.05, 0.1) is 0 Å². The van der Waals surface area contributed by atoms with Crippen LogP contribution >= 0.6 is 11.8 Å². The zero-order valence-electron chi connectivity index (χ0n) is 11.0. The molecule has 0 aromatic rings. The zero-order chi connectivity index (χ0) is 11.8. The zero-order valence-corrected chi connectivity index (χ0v) is 11.9. The SMILES string of the molecule is CCCN(CCN(C)C)CC1CSCCN1. The molecule has 0 bridgehead atoms. The Morgan fingerprint density at radius 2 is 2.06 bits per heavy atom. The van der Waals surface area contributed by atoms with Gasteiger partial charge >= 0.3 is 0 Å². The summed E-state index contributed by atoms with van der Waals surface area (Å²) in [5.74, 6) is 2.56. The molecule has 16 heavy (non-hydrogen) atoms. The average molecular weight is 245 g/mol. The van der Waals surface area contributed by atoms with E-state index in [-0.39, 0.29) is 0 Å². The molecule has 1 heterocycles. The molecule has 0 radical (unpaired) electrons. The topological polar surface area (TPSA) is 18.5 Å². The number of rotatable bonds is 7. The van der Waals surface area contributed by atoms with E-state index in [4.69, 9.17) is 0 Å². The van der Waals surface area contributed by atoms with Crippen molar-refractivity contribution in [3.05, 3.63) is 0 Å². The Labute approximate surface area is 105 Å². The fourth-order valence-corrected chi connectivity index (χ4v) is 2.94. The minimum atomic E-state index is 0.701. The highest BCUT2D eigenvalue weighted by Gasteiger charge is 2.16. The molecule has 0 aromatic carbocycles. The van der Waals surface area contributed by atoms with Gasteiger partial charge in [-0.05, 0) is 27.1 Å².